The van der Waals surface area contributed by atoms with Crippen molar-refractivity contribution in [3.63, 3.8) is 0 Å². The van der Waals surface area contributed by atoms with E-state index >= 15 is 0 Å². The number of carbonyl (C=O) groups excluding carboxylic acids is 1. The van der Waals surface area contributed by atoms with E-state index in [9.17, 15) is 18.4 Å². The van der Waals surface area contributed by atoms with Gasteiger partial charge in [0.2, 0.25) is 0 Å². The molecule has 1 aromatic carbocycles. The summed E-state index contributed by atoms with van der Waals surface area (Å²) in [5.41, 5.74) is -0.173. The fourth-order valence-electron chi connectivity index (χ4n) is 1.58. The van der Waals surface area contributed by atoms with Crippen molar-refractivity contribution in [2.45, 2.75) is 26.3 Å². The van der Waals surface area contributed by atoms with Crippen molar-refractivity contribution in [2.75, 3.05) is 0 Å². The van der Waals surface area contributed by atoms with E-state index in [4.69, 9.17) is 5.11 Å². The standard InChI is InChI=1S/C13H15F2NO3/c1-7(2)11(6-12(17)18)16-13(19)8-3-9(14)5-10(15)4-8/h3-5,7,11H,6H2,1-2H3,(H,16,19)(H,17,18). The van der Waals surface area contributed by atoms with Crippen LogP contribution in [0.5, 0.6) is 0 Å². The van der Waals surface area contributed by atoms with Crippen LogP contribution in [0.1, 0.15) is 30.6 Å². The van der Waals surface area contributed by atoms with Crippen LogP contribution in [0, 0.1) is 17.6 Å². The molecule has 1 rings (SSSR count). The molecule has 1 amide bonds. The molecule has 1 aromatic rings. The van der Waals surface area contributed by atoms with Gasteiger partial charge >= 0.3 is 5.97 Å². The molecule has 104 valence electrons. The zero-order valence-electron chi connectivity index (χ0n) is 10.6. The first kappa shape index (κ1) is 15.1. The topological polar surface area (TPSA) is 66.4 Å². The molecule has 0 spiro atoms. The SMILES string of the molecule is CC(C)C(CC(=O)O)NC(=O)c1cc(F)cc(F)c1. The van der Waals surface area contributed by atoms with Gasteiger partial charge in [0, 0.05) is 17.7 Å². The number of carboxylic acids is 1. The van der Waals surface area contributed by atoms with E-state index < -0.39 is 29.6 Å². The summed E-state index contributed by atoms with van der Waals surface area (Å²) in [6.07, 6.45) is -0.249. The van der Waals surface area contributed by atoms with Gasteiger partial charge in [-0.25, -0.2) is 8.78 Å². The molecule has 0 fully saturated rings. The summed E-state index contributed by atoms with van der Waals surface area (Å²) in [6, 6.07) is 1.86. The molecule has 0 aliphatic carbocycles. The lowest BCUT2D eigenvalue weighted by Crippen LogP contribution is -2.40. The van der Waals surface area contributed by atoms with E-state index in [-0.39, 0.29) is 17.9 Å². The predicted octanol–water partition coefficient (Wildman–Crippen LogP) is 2.19. The van der Waals surface area contributed by atoms with Gasteiger partial charge in [-0.3, -0.25) is 9.59 Å². The van der Waals surface area contributed by atoms with Crippen LogP contribution >= 0.6 is 0 Å². The van der Waals surface area contributed by atoms with E-state index in [1.165, 1.54) is 0 Å². The average Bonchev–Trinajstić information content (AvgIpc) is 2.25. The molecule has 1 unspecified atom stereocenters. The first-order chi connectivity index (χ1) is 8.79. The van der Waals surface area contributed by atoms with Crippen LogP contribution in [0.2, 0.25) is 0 Å². The van der Waals surface area contributed by atoms with Gasteiger partial charge < -0.3 is 10.4 Å². The summed E-state index contributed by atoms with van der Waals surface area (Å²) in [4.78, 5) is 22.5. The van der Waals surface area contributed by atoms with Crippen molar-refractivity contribution in [3.8, 4) is 0 Å². The predicted molar refractivity (Wildman–Crippen MR) is 64.7 cm³/mol. The lowest BCUT2D eigenvalue weighted by atomic mass is 10.0. The molecule has 19 heavy (non-hydrogen) atoms. The molecular formula is C13H15F2NO3. The largest absolute Gasteiger partial charge is 0.481 e. The van der Waals surface area contributed by atoms with Gasteiger partial charge in [-0.05, 0) is 18.1 Å². The van der Waals surface area contributed by atoms with E-state index in [0.29, 0.717) is 6.07 Å². The molecule has 0 aromatic heterocycles. The summed E-state index contributed by atoms with van der Waals surface area (Å²) in [5, 5.41) is 11.2. The number of nitrogens with one attached hydrogen (secondary N) is 1. The molecule has 1 atom stereocenters. The monoisotopic (exact) mass is 271 g/mol. The first-order valence-corrected chi connectivity index (χ1v) is 5.78. The number of aliphatic carboxylic acids is 1. The van der Waals surface area contributed by atoms with Gasteiger partial charge in [-0.15, -0.1) is 0 Å². The number of halogens is 2. The zero-order chi connectivity index (χ0) is 14.6. The lowest BCUT2D eigenvalue weighted by molar-refractivity contribution is -0.137. The van der Waals surface area contributed by atoms with Gasteiger partial charge in [0.15, 0.2) is 0 Å². The fourth-order valence-corrected chi connectivity index (χ4v) is 1.58. The summed E-state index contributed by atoms with van der Waals surface area (Å²) in [6.45, 7) is 3.50. The van der Waals surface area contributed by atoms with Crippen molar-refractivity contribution >= 4 is 11.9 Å². The molecule has 2 N–H and O–H groups in total. The van der Waals surface area contributed by atoms with Crippen LogP contribution in [0.25, 0.3) is 0 Å². The van der Waals surface area contributed by atoms with E-state index in [1.54, 1.807) is 13.8 Å². The maximum absolute atomic E-state index is 13.0. The molecular weight excluding hydrogens is 256 g/mol. The Hall–Kier alpha value is -1.98. The molecule has 0 bridgehead atoms. The molecule has 0 heterocycles. The molecule has 6 heteroatoms. The Balaban J connectivity index is 2.84. The number of hydrogen-bond donors (Lipinski definition) is 2. The van der Waals surface area contributed by atoms with Crippen LogP contribution in [-0.2, 0) is 4.79 Å². The highest BCUT2D eigenvalue weighted by atomic mass is 19.1. The molecule has 0 aliphatic rings. The minimum atomic E-state index is -1.05. The highest BCUT2D eigenvalue weighted by molar-refractivity contribution is 5.94. The van der Waals surface area contributed by atoms with E-state index in [2.05, 4.69) is 5.32 Å². The van der Waals surface area contributed by atoms with Crippen molar-refractivity contribution < 1.29 is 23.5 Å². The average molecular weight is 271 g/mol. The Morgan fingerprint density at radius 2 is 1.74 bits per heavy atom. The number of amides is 1. The fraction of sp³-hybridized carbons (Fsp3) is 0.385. The Bertz CT molecular complexity index is 469. The van der Waals surface area contributed by atoms with Gasteiger partial charge in [-0.2, -0.15) is 0 Å². The second kappa shape index (κ2) is 6.26. The van der Waals surface area contributed by atoms with Crippen molar-refractivity contribution in [2.24, 2.45) is 5.92 Å². The normalized spacial score (nSPS) is 12.3. The first-order valence-electron chi connectivity index (χ1n) is 5.78. The van der Waals surface area contributed by atoms with Gasteiger partial charge in [0.05, 0.1) is 6.42 Å². The number of carboxylic acid groups (broad SMARTS) is 1. The Morgan fingerprint density at radius 1 is 1.21 bits per heavy atom. The Labute approximate surface area is 109 Å². The zero-order valence-corrected chi connectivity index (χ0v) is 10.6. The molecule has 4 nitrogen and oxygen atoms in total. The summed E-state index contributed by atoms with van der Waals surface area (Å²) >= 11 is 0. The van der Waals surface area contributed by atoms with Crippen molar-refractivity contribution in [3.05, 3.63) is 35.4 Å². The Kier molecular flexibility index (Phi) is 4.97. The van der Waals surface area contributed by atoms with Crippen LogP contribution in [-0.4, -0.2) is 23.0 Å². The minimum Gasteiger partial charge on any atom is -0.481 e. The smallest absolute Gasteiger partial charge is 0.305 e. The lowest BCUT2D eigenvalue weighted by Gasteiger charge is -2.20. The van der Waals surface area contributed by atoms with Gasteiger partial charge in [-0.1, -0.05) is 13.8 Å². The van der Waals surface area contributed by atoms with Gasteiger partial charge in [0.25, 0.3) is 5.91 Å². The van der Waals surface area contributed by atoms with E-state index in [1.807, 2.05) is 0 Å². The minimum absolute atomic E-state index is 0.113. The number of benzene rings is 1. The van der Waals surface area contributed by atoms with Crippen LogP contribution < -0.4 is 5.32 Å². The van der Waals surface area contributed by atoms with Crippen LogP contribution in [0.3, 0.4) is 0 Å². The van der Waals surface area contributed by atoms with Crippen molar-refractivity contribution in [1.29, 1.82) is 0 Å². The number of hydrogen-bond acceptors (Lipinski definition) is 2. The van der Waals surface area contributed by atoms with Crippen molar-refractivity contribution in [1.82, 2.24) is 5.32 Å². The highest BCUT2D eigenvalue weighted by Crippen LogP contribution is 2.11. The third-order valence-corrected chi connectivity index (χ3v) is 2.64. The maximum atomic E-state index is 13.0. The van der Waals surface area contributed by atoms with Gasteiger partial charge in [0.1, 0.15) is 11.6 Å². The quantitative estimate of drug-likeness (QED) is 0.862. The van der Waals surface area contributed by atoms with Crippen LogP contribution in [0.15, 0.2) is 18.2 Å². The third-order valence-electron chi connectivity index (χ3n) is 2.64. The van der Waals surface area contributed by atoms with Crippen LogP contribution in [0.4, 0.5) is 8.78 Å². The molecule has 0 radical (unpaired) electrons. The second-order valence-electron chi connectivity index (χ2n) is 4.58. The number of rotatable bonds is 5. The maximum Gasteiger partial charge on any atom is 0.305 e. The van der Waals surface area contributed by atoms with E-state index in [0.717, 1.165) is 12.1 Å². The highest BCUT2D eigenvalue weighted by Gasteiger charge is 2.20. The second-order valence-corrected chi connectivity index (χ2v) is 4.58. The number of carbonyl (C=O) groups is 2. The Morgan fingerprint density at radius 3 is 2.16 bits per heavy atom. The molecule has 0 saturated carbocycles. The summed E-state index contributed by atoms with van der Waals surface area (Å²) in [5.74, 6) is -3.57. The summed E-state index contributed by atoms with van der Waals surface area (Å²) < 4.78 is 26.0. The molecule has 0 saturated heterocycles. The third kappa shape index (κ3) is 4.65. The molecule has 0 aliphatic heterocycles. The summed E-state index contributed by atoms with van der Waals surface area (Å²) in [7, 11) is 0.